The Morgan fingerprint density at radius 1 is 1.20 bits per heavy atom. The number of nitrogens with one attached hydrogen (secondary N) is 1. The van der Waals surface area contributed by atoms with E-state index in [0.29, 0.717) is 13.0 Å². The van der Waals surface area contributed by atoms with E-state index in [1.54, 1.807) is 4.90 Å². The topological polar surface area (TPSA) is 78.9 Å². The number of likely N-dealkylation sites (tertiary alicyclic amines) is 1. The molecule has 1 aromatic rings. The van der Waals surface area contributed by atoms with Crippen LogP contribution in [0.5, 0.6) is 5.75 Å². The summed E-state index contributed by atoms with van der Waals surface area (Å²) < 4.78 is 5.62. The van der Waals surface area contributed by atoms with Crippen molar-refractivity contribution in [3.05, 3.63) is 29.8 Å². The van der Waals surface area contributed by atoms with E-state index in [1.807, 2.05) is 52.0 Å². The van der Waals surface area contributed by atoms with Crippen LogP contribution in [0, 0.1) is 11.8 Å². The van der Waals surface area contributed by atoms with Crippen LogP contribution >= 0.6 is 0 Å². The van der Waals surface area contributed by atoms with Gasteiger partial charge in [-0.25, -0.2) is 4.79 Å². The average Bonchev–Trinajstić information content (AvgIpc) is 2.54. The monoisotopic (exact) mass is 348 g/mol. The number of carboxylic acids is 1. The highest BCUT2D eigenvalue weighted by Gasteiger charge is 2.32. The van der Waals surface area contributed by atoms with E-state index < -0.39 is 11.9 Å². The average molecular weight is 348 g/mol. The van der Waals surface area contributed by atoms with E-state index in [9.17, 15) is 14.7 Å². The molecule has 3 unspecified atom stereocenters. The number of hydrogen-bond acceptors (Lipinski definition) is 3. The minimum atomic E-state index is -0.835. The molecule has 1 aromatic carbocycles. The number of aliphatic carboxylic acids is 1. The molecule has 1 aliphatic heterocycles. The lowest BCUT2D eigenvalue weighted by Crippen LogP contribution is -2.49. The van der Waals surface area contributed by atoms with Crippen molar-refractivity contribution in [1.29, 1.82) is 0 Å². The molecule has 138 valence electrons. The van der Waals surface area contributed by atoms with Crippen LogP contribution in [0.25, 0.3) is 0 Å². The molecule has 1 fully saturated rings. The van der Waals surface area contributed by atoms with E-state index >= 15 is 0 Å². The molecule has 1 aliphatic rings. The fraction of sp³-hybridized carbons (Fsp3) is 0.579. The Hall–Kier alpha value is -2.24. The quantitative estimate of drug-likeness (QED) is 0.856. The number of piperidine rings is 1. The first kappa shape index (κ1) is 19.1. The lowest BCUT2D eigenvalue weighted by atomic mass is 9.91. The largest absolute Gasteiger partial charge is 0.491 e. The number of nitrogens with zero attached hydrogens (tertiary/aromatic N) is 1. The number of carbonyl (C=O) groups is 2. The highest BCUT2D eigenvalue weighted by Crippen LogP contribution is 2.23. The van der Waals surface area contributed by atoms with Crippen molar-refractivity contribution in [2.24, 2.45) is 11.8 Å². The molecule has 1 heterocycles. The lowest BCUT2D eigenvalue weighted by molar-refractivity contribution is -0.143. The predicted molar refractivity (Wildman–Crippen MR) is 95.6 cm³/mol. The number of urea groups is 1. The van der Waals surface area contributed by atoms with Crippen LogP contribution in [0.2, 0.25) is 0 Å². The maximum absolute atomic E-state index is 12.5. The van der Waals surface area contributed by atoms with Gasteiger partial charge >= 0.3 is 12.0 Å². The molecule has 3 atom stereocenters. The lowest BCUT2D eigenvalue weighted by Gasteiger charge is -2.35. The highest BCUT2D eigenvalue weighted by molar-refractivity contribution is 5.77. The Morgan fingerprint density at radius 2 is 1.84 bits per heavy atom. The van der Waals surface area contributed by atoms with Crippen molar-refractivity contribution in [1.82, 2.24) is 10.2 Å². The fourth-order valence-electron chi connectivity index (χ4n) is 3.16. The van der Waals surface area contributed by atoms with Crippen LogP contribution in [0.15, 0.2) is 24.3 Å². The summed E-state index contributed by atoms with van der Waals surface area (Å²) >= 11 is 0. The van der Waals surface area contributed by atoms with Crippen LogP contribution in [0.1, 0.15) is 45.7 Å². The standard InChI is InChI=1S/C19H28N2O4/c1-12(2)25-17-7-5-15(6-8-17)14(4)20-19(24)21-10-13(3)9-16(11-21)18(22)23/h5-8,12-14,16H,9-11H2,1-4H3,(H,20,24)(H,22,23). The van der Waals surface area contributed by atoms with Gasteiger partial charge in [0.25, 0.3) is 0 Å². The second kappa shape index (κ2) is 8.23. The summed E-state index contributed by atoms with van der Waals surface area (Å²) in [7, 11) is 0. The van der Waals surface area contributed by atoms with Gasteiger partial charge in [0, 0.05) is 13.1 Å². The Bertz CT molecular complexity index is 600. The van der Waals surface area contributed by atoms with Gasteiger partial charge in [0.1, 0.15) is 5.75 Å². The minimum absolute atomic E-state index is 0.117. The number of carbonyl (C=O) groups excluding carboxylic acids is 1. The van der Waals surface area contributed by atoms with Crippen molar-refractivity contribution >= 4 is 12.0 Å². The summed E-state index contributed by atoms with van der Waals surface area (Å²) in [5.41, 5.74) is 0.976. The molecule has 0 saturated carbocycles. The van der Waals surface area contributed by atoms with E-state index in [0.717, 1.165) is 11.3 Å². The molecule has 1 saturated heterocycles. The molecule has 25 heavy (non-hydrogen) atoms. The molecule has 6 nitrogen and oxygen atoms in total. The zero-order chi connectivity index (χ0) is 18.6. The van der Waals surface area contributed by atoms with Crippen LogP contribution in [-0.2, 0) is 4.79 Å². The van der Waals surface area contributed by atoms with Crippen molar-refractivity contribution in [3.8, 4) is 5.75 Å². The second-order valence-electron chi connectivity index (χ2n) is 7.19. The summed E-state index contributed by atoms with van der Waals surface area (Å²) in [6, 6.07) is 7.26. The van der Waals surface area contributed by atoms with Crippen LogP contribution in [0.3, 0.4) is 0 Å². The van der Waals surface area contributed by atoms with Crippen molar-refractivity contribution in [2.75, 3.05) is 13.1 Å². The van der Waals surface area contributed by atoms with Gasteiger partial charge in [-0.05, 0) is 50.8 Å². The van der Waals surface area contributed by atoms with Gasteiger partial charge in [-0.3, -0.25) is 4.79 Å². The molecule has 2 rings (SSSR count). The SMILES string of the molecule is CC1CC(C(=O)O)CN(C(=O)NC(C)c2ccc(OC(C)C)cc2)C1. The summed E-state index contributed by atoms with van der Waals surface area (Å²) in [6.07, 6.45) is 0.734. The Morgan fingerprint density at radius 3 is 2.40 bits per heavy atom. The smallest absolute Gasteiger partial charge is 0.317 e. The normalized spacial score (nSPS) is 21.7. The number of rotatable bonds is 5. The number of benzene rings is 1. The molecule has 2 N–H and O–H groups in total. The third-order valence-corrected chi connectivity index (χ3v) is 4.39. The molecule has 2 amide bonds. The van der Waals surface area contributed by atoms with Gasteiger partial charge in [-0.1, -0.05) is 19.1 Å². The molecular weight excluding hydrogens is 320 g/mol. The Kier molecular flexibility index (Phi) is 6.28. The maximum atomic E-state index is 12.5. The van der Waals surface area contributed by atoms with Gasteiger partial charge in [-0.15, -0.1) is 0 Å². The van der Waals surface area contributed by atoms with E-state index in [-0.39, 0.29) is 30.6 Å². The van der Waals surface area contributed by atoms with E-state index in [1.165, 1.54) is 0 Å². The van der Waals surface area contributed by atoms with Gasteiger partial charge in [0.2, 0.25) is 0 Å². The van der Waals surface area contributed by atoms with E-state index in [2.05, 4.69) is 5.32 Å². The molecule has 0 spiro atoms. The number of carboxylic acid groups (broad SMARTS) is 1. The molecule has 0 radical (unpaired) electrons. The fourth-order valence-corrected chi connectivity index (χ4v) is 3.16. The van der Waals surface area contributed by atoms with Crippen LogP contribution in [-0.4, -0.2) is 41.2 Å². The van der Waals surface area contributed by atoms with Gasteiger partial charge in [-0.2, -0.15) is 0 Å². The first-order valence-electron chi connectivity index (χ1n) is 8.81. The Labute approximate surface area is 149 Å². The first-order valence-corrected chi connectivity index (χ1v) is 8.81. The molecule has 0 bridgehead atoms. The van der Waals surface area contributed by atoms with Gasteiger partial charge in [0.15, 0.2) is 0 Å². The predicted octanol–water partition coefficient (Wildman–Crippen LogP) is 3.29. The van der Waals surface area contributed by atoms with Gasteiger partial charge < -0.3 is 20.1 Å². The minimum Gasteiger partial charge on any atom is -0.491 e. The number of ether oxygens (including phenoxy) is 1. The number of amides is 2. The summed E-state index contributed by atoms with van der Waals surface area (Å²) in [4.78, 5) is 25.4. The molecule has 0 aliphatic carbocycles. The first-order chi connectivity index (χ1) is 11.8. The summed E-state index contributed by atoms with van der Waals surface area (Å²) in [5.74, 6) is -0.342. The summed E-state index contributed by atoms with van der Waals surface area (Å²) in [5, 5.41) is 12.2. The van der Waals surface area contributed by atoms with Crippen LogP contribution in [0.4, 0.5) is 4.79 Å². The molecule has 6 heteroatoms. The third kappa shape index (κ3) is 5.37. The van der Waals surface area contributed by atoms with Crippen LogP contribution < -0.4 is 10.1 Å². The van der Waals surface area contributed by atoms with Crippen molar-refractivity contribution in [3.63, 3.8) is 0 Å². The van der Waals surface area contributed by atoms with Gasteiger partial charge in [0.05, 0.1) is 18.1 Å². The second-order valence-corrected chi connectivity index (χ2v) is 7.19. The summed E-state index contributed by atoms with van der Waals surface area (Å²) in [6.45, 7) is 8.69. The Balaban J connectivity index is 1.96. The van der Waals surface area contributed by atoms with Crippen molar-refractivity contribution in [2.45, 2.75) is 46.3 Å². The highest BCUT2D eigenvalue weighted by atomic mass is 16.5. The molecular formula is C19H28N2O4. The zero-order valence-corrected chi connectivity index (χ0v) is 15.4. The number of hydrogen-bond donors (Lipinski definition) is 2. The molecule has 0 aromatic heterocycles. The van der Waals surface area contributed by atoms with E-state index in [4.69, 9.17) is 4.74 Å². The van der Waals surface area contributed by atoms with Crippen molar-refractivity contribution < 1.29 is 19.4 Å². The third-order valence-electron chi connectivity index (χ3n) is 4.39. The maximum Gasteiger partial charge on any atom is 0.317 e. The zero-order valence-electron chi connectivity index (χ0n) is 15.4.